The summed E-state index contributed by atoms with van der Waals surface area (Å²) in [5.74, 6) is 0. The summed E-state index contributed by atoms with van der Waals surface area (Å²) in [4.78, 5) is 0. The molecule has 0 unspecified atom stereocenters. The average molecular weight is 280 g/mol. The summed E-state index contributed by atoms with van der Waals surface area (Å²) < 4.78 is 32.7. The molecule has 0 aliphatic carbocycles. The van der Waals surface area contributed by atoms with Crippen LogP contribution in [-0.2, 0) is 16.7 Å². The van der Waals surface area contributed by atoms with Crippen LogP contribution in [0.3, 0.4) is 0 Å². The molecule has 2 N–H and O–H groups in total. The molecule has 0 radical (unpaired) electrons. The SMILES string of the molecule is CCc1cc(Br)ccc1NS(=O)(=O)O. The highest BCUT2D eigenvalue weighted by Crippen LogP contribution is 2.22. The van der Waals surface area contributed by atoms with Gasteiger partial charge in [0.05, 0.1) is 5.69 Å². The molecule has 0 atom stereocenters. The van der Waals surface area contributed by atoms with E-state index in [-0.39, 0.29) is 0 Å². The topological polar surface area (TPSA) is 66.4 Å². The summed E-state index contributed by atoms with van der Waals surface area (Å²) in [6.45, 7) is 1.90. The Morgan fingerprint density at radius 3 is 2.64 bits per heavy atom. The van der Waals surface area contributed by atoms with Gasteiger partial charge in [-0.25, -0.2) is 0 Å². The fraction of sp³-hybridized carbons (Fsp3) is 0.250. The second-order valence-corrected chi connectivity index (χ2v) is 4.80. The van der Waals surface area contributed by atoms with E-state index in [1.54, 1.807) is 18.2 Å². The lowest BCUT2D eigenvalue weighted by molar-refractivity contribution is 0.489. The molecule has 1 aromatic rings. The molecule has 0 amide bonds. The Balaban J connectivity index is 3.09. The second-order valence-electron chi connectivity index (χ2n) is 2.73. The first-order valence-electron chi connectivity index (χ1n) is 3.96. The minimum Gasteiger partial charge on any atom is -0.269 e. The molecule has 4 nitrogen and oxygen atoms in total. The zero-order valence-corrected chi connectivity index (χ0v) is 9.89. The molecule has 0 aromatic heterocycles. The van der Waals surface area contributed by atoms with E-state index in [0.717, 1.165) is 10.0 Å². The first kappa shape index (κ1) is 11.5. The normalized spacial score (nSPS) is 11.4. The summed E-state index contributed by atoms with van der Waals surface area (Å²) in [6.07, 6.45) is 0.678. The van der Waals surface area contributed by atoms with E-state index in [1.807, 2.05) is 11.6 Å². The van der Waals surface area contributed by atoms with Crippen LogP contribution in [0.5, 0.6) is 0 Å². The zero-order valence-electron chi connectivity index (χ0n) is 7.49. The monoisotopic (exact) mass is 279 g/mol. The Hall–Kier alpha value is -0.590. The van der Waals surface area contributed by atoms with Crippen LogP contribution in [0, 0.1) is 0 Å². The maximum absolute atomic E-state index is 10.6. The fourth-order valence-corrected chi connectivity index (χ4v) is 1.98. The van der Waals surface area contributed by atoms with Crippen molar-refractivity contribution < 1.29 is 13.0 Å². The Kier molecular flexibility index (Phi) is 3.52. The van der Waals surface area contributed by atoms with Gasteiger partial charge in [-0.15, -0.1) is 0 Å². The van der Waals surface area contributed by atoms with Gasteiger partial charge in [-0.05, 0) is 30.2 Å². The van der Waals surface area contributed by atoms with Crippen LogP contribution < -0.4 is 4.72 Å². The second kappa shape index (κ2) is 4.29. The first-order chi connectivity index (χ1) is 6.42. The molecule has 0 bridgehead atoms. The van der Waals surface area contributed by atoms with Gasteiger partial charge in [-0.1, -0.05) is 22.9 Å². The minimum absolute atomic E-state index is 0.401. The van der Waals surface area contributed by atoms with Crippen LogP contribution in [0.2, 0.25) is 0 Å². The van der Waals surface area contributed by atoms with Gasteiger partial charge in [0.15, 0.2) is 0 Å². The van der Waals surface area contributed by atoms with Gasteiger partial charge in [0.25, 0.3) is 0 Å². The Morgan fingerprint density at radius 1 is 1.50 bits per heavy atom. The van der Waals surface area contributed by atoms with Crippen molar-refractivity contribution in [1.29, 1.82) is 0 Å². The molecule has 0 spiro atoms. The maximum atomic E-state index is 10.6. The molecule has 1 aromatic carbocycles. The molecule has 0 aliphatic rings. The van der Waals surface area contributed by atoms with E-state index in [9.17, 15) is 8.42 Å². The molecular weight excluding hydrogens is 270 g/mol. The molecule has 0 saturated heterocycles. The van der Waals surface area contributed by atoms with Crippen molar-refractivity contribution in [3.8, 4) is 0 Å². The first-order valence-corrected chi connectivity index (χ1v) is 6.19. The third-order valence-electron chi connectivity index (χ3n) is 1.69. The van der Waals surface area contributed by atoms with Gasteiger partial charge >= 0.3 is 10.3 Å². The number of rotatable bonds is 3. The number of nitrogens with one attached hydrogen (secondary N) is 1. The molecule has 0 fully saturated rings. The Morgan fingerprint density at radius 2 is 2.14 bits per heavy atom. The largest absolute Gasteiger partial charge is 0.357 e. The molecular formula is C8H10BrNO3S. The van der Waals surface area contributed by atoms with E-state index in [0.29, 0.717) is 12.1 Å². The van der Waals surface area contributed by atoms with Crippen molar-refractivity contribution in [3.05, 3.63) is 28.2 Å². The number of halogens is 1. The van der Waals surface area contributed by atoms with Gasteiger partial charge in [-0.2, -0.15) is 8.42 Å². The highest BCUT2D eigenvalue weighted by Gasteiger charge is 2.07. The minimum atomic E-state index is -4.19. The van der Waals surface area contributed by atoms with Gasteiger partial charge in [0, 0.05) is 4.47 Å². The number of hydrogen-bond donors (Lipinski definition) is 2. The van der Waals surface area contributed by atoms with Crippen molar-refractivity contribution in [1.82, 2.24) is 0 Å². The molecule has 0 aliphatic heterocycles. The molecule has 1 rings (SSSR count). The third kappa shape index (κ3) is 3.28. The lowest BCUT2D eigenvalue weighted by atomic mass is 10.1. The van der Waals surface area contributed by atoms with Crippen LogP contribution in [-0.4, -0.2) is 13.0 Å². The van der Waals surface area contributed by atoms with E-state index < -0.39 is 10.3 Å². The molecule has 6 heteroatoms. The quantitative estimate of drug-likeness (QED) is 0.834. The van der Waals surface area contributed by atoms with Crippen molar-refractivity contribution >= 4 is 31.9 Å². The maximum Gasteiger partial charge on any atom is 0.357 e. The average Bonchev–Trinajstić information content (AvgIpc) is 2.06. The van der Waals surface area contributed by atoms with Crippen LogP contribution >= 0.6 is 15.9 Å². The Bertz CT molecular complexity index is 430. The molecule has 0 saturated carbocycles. The Labute approximate surface area is 91.3 Å². The molecule has 14 heavy (non-hydrogen) atoms. The van der Waals surface area contributed by atoms with Crippen LogP contribution in [0.15, 0.2) is 22.7 Å². The van der Waals surface area contributed by atoms with Gasteiger partial charge in [0.1, 0.15) is 0 Å². The van der Waals surface area contributed by atoms with E-state index in [2.05, 4.69) is 15.9 Å². The van der Waals surface area contributed by atoms with E-state index >= 15 is 0 Å². The lowest BCUT2D eigenvalue weighted by Crippen LogP contribution is -2.11. The van der Waals surface area contributed by atoms with Crippen LogP contribution in [0.1, 0.15) is 12.5 Å². The van der Waals surface area contributed by atoms with E-state index in [4.69, 9.17) is 4.55 Å². The van der Waals surface area contributed by atoms with Crippen LogP contribution in [0.4, 0.5) is 5.69 Å². The summed E-state index contributed by atoms with van der Waals surface area (Å²) in [7, 11) is -4.19. The summed E-state index contributed by atoms with van der Waals surface area (Å²) in [6, 6.07) is 5.09. The summed E-state index contributed by atoms with van der Waals surface area (Å²) in [5, 5.41) is 0. The highest BCUT2D eigenvalue weighted by molar-refractivity contribution is 9.10. The van der Waals surface area contributed by atoms with Crippen molar-refractivity contribution in [2.24, 2.45) is 0 Å². The smallest absolute Gasteiger partial charge is 0.269 e. The van der Waals surface area contributed by atoms with Crippen molar-refractivity contribution in [2.75, 3.05) is 4.72 Å². The number of aryl methyl sites for hydroxylation is 1. The number of hydrogen-bond acceptors (Lipinski definition) is 2. The van der Waals surface area contributed by atoms with Gasteiger partial charge < -0.3 is 0 Å². The predicted octanol–water partition coefficient (Wildman–Crippen LogP) is 2.23. The van der Waals surface area contributed by atoms with Crippen molar-refractivity contribution in [2.45, 2.75) is 13.3 Å². The van der Waals surface area contributed by atoms with Crippen molar-refractivity contribution in [3.63, 3.8) is 0 Å². The predicted molar refractivity (Wildman–Crippen MR) is 58.7 cm³/mol. The summed E-state index contributed by atoms with van der Waals surface area (Å²) in [5.41, 5.74) is 1.22. The highest BCUT2D eigenvalue weighted by atomic mass is 79.9. The number of anilines is 1. The number of benzene rings is 1. The molecule has 78 valence electrons. The lowest BCUT2D eigenvalue weighted by Gasteiger charge is -2.08. The zero-order chi connectivity index (χ0) is 10.8. The van der Waals surface area contributed by atoms with E-state index in [1.165, 1.54) is 0 Å². The van der Waals surface area contributed by atoms with Gasteiger partial charge in [0.2, 0.25) is 0 Å². The van der Waals surface area contributed by atoms with Gasteiger partial charge in [-0.3, -0.25) is 9.27 Å². The standard InChI is InChI=1S/C8H10BrNO3S/c1-2-6-5-7(9)3-4-8(6)10-14(11,12)13/h3-5,10H,2H2,1H3,(H,11,12,13). The third-order valence-corrected chi connectivity index (χ3v) is 2.66. The fourth-order valence-electron chi connectivity index (χ4n) is 1.09. The molecule has 0 heterocycles. The summed E-state index contributed by atoms with van der Waals surface area (Å²) >= 11 is 3.28. The van der Waals surface area contributed by atoms with Crippen LogP contribution in [0.25, 0.3) is 0 Å².